The van der Waals surface area contributed by atoms with Crippen LogP contribution in [0.4, 0.5) is 4.39 Å². The first-order valence-corrected chi connectivity index (χ1v) is 7.17. The quantitative estimate of drug-likeness (QED) is 0.800. The Morgan fingerprint density at radius 1 is 1.37 bits per heavy atom. The van der Waals surface area contributed by atoms with E-state index in [-0.39, 0.29) is 24.4 Å². The molecule has 2 aliphatic rings. The standard InChI is InChI=1S/C15H25FO3/c1-13(2,3)19-12(18)6-11-7-14(8-11)9-15(16,10-14)4-5-17/h11,17H,4-10H2,1-3H3. The topological polar surface area (TPSA) is 46.5 Å². The lowest BCUT2D eigenvalue weighted by Crippen LogP contribution is -2.56. The minimum Gasteiger partial charge on any atom is -0.460 e. The molecule has 1 N–H and O–H groups in total. The van der Waals surface area contributed by atoms with E-state index in [0.29, 0.717) is 25.2 Å². The summed E-state index contributed by atoms with van der Waals surface area (Å²) < 4.78 is 19.3. The monoisotopic (exact) mass is 272 g/mol. The fourth-order valence-electron chi connectivity index (χ4n) is 3.89. The van der Waals surface area contributed by atoms with E-state index in [1.54, 1.807) is 0 Å². The van der Waals surface area contributed by atoms with Crippen molar-refractivity contribution in [3.05, 3.63) is 0 Å². The van der Waals surface area contributed by atoms with Gasteiger partial charge in [-0.25, -0.2) is 4.39 Å². The Kier molecular flexibility index (Phi) is 3.67. The maximum absolute atomic E-state index is 14.0. The van der Waals surface area contributed by atoms with Crippen LogP contribution in [-0.4, -0.2) is 29.0 Å². The lowest BCUT2D eigenvalue weighted by Gasteiger charge is -2.60. The summed E-state index contributed by atoms with van der Waals surface area (Å²) in [5.41, 5.74) is -1.45. The van der Waals surface area contributed by atoms with E-state index >= 15 is 0 Å². The maximum atomic E-state index is 14.0. The third kappa shape index (κ3) is 3.47. The van der Waals surface area contributed by atoms with Crippen molar-refractivity contribution in [1.82, 2.24) is 0 Å². The normalized spacial score (nSPS) is 37.6. The lowest BCUT2D eigenvalue weighted by molar-refractivity contribution is -0.168. The van der Waals surface area contributed by atoms with Crippen molar-refractivity contribution in [3.63, 3.8) is 0 Å². The molecule has 0 aromatic carbocycles. The number of halogens is 1. The zero-order valence-corrected chi connectivity index (χ0v) is 12.2. The molecule has 2 fully saturated rings. The van der Waals surface area contributed by atoms with Gasteiger partial charge in [0, 0.05) is 19.4 Å². The number of carbonyl (C=O) groups excluding carboxylic acids is 1. The molecular weight excluding hydrogens is 247 g/mol. The third-order valence-electron chi connectivity index (χ3n) is 4.26. The molecule has 4 heteroatoms. The molecule has 2 rings (SSSR count). The predicted octanol–water partition coefficient (Wildman–Crippen LogP) is 3.00. The average Bonchev–Trinajstić information content (AvgIpc) is 2.09. The lowest BCUT2D eigenvalue weighted by atomic mass is 9.46. The van der Waals surface area contributed by atoms with Crippen molar-refractivity contribution in [2.45, 2.75) is 70.6 Å². The molecule has 0 bridgehead atoms. The van der Waals surface area contributed by atoms with Gasteiger partial charge in [-0.2, -0.15) is 0 Å². The van der Waals surface area contributed by atoms with Gasteiger partial charge in [-0.05, 0) is 57.8 Å². The van der Waals surface area contributed by atoms with E-state index in [4.69, 9.17) is 9.84 Å². The van der Waals surface area contributed by atoms with Gasteiger partial charge in [0.1, 0.15) is 11.3 Å². The van der Waals surface area contributed by atoms with Crippen LogP contribution >= 0.6 is 0 Å². The summed E-state index contributed by atoms with van der Waals surface area (Å²) in [7, 11) is 0. The Bertz CT molecular complexity index is 345. The average molecular weight is 272 g/mol. The van der Waals surface area contributed by atoms with Gasteiger partial charge < -0.3 is 9.84 Å². The number of aliphatic hydroxyl groups is 1. The van der Waals surface area contributed by atoms with Crippen molar-refractivity contribution in [2.24, 2.45) is 11.3 Å². The molecule has 0 amide bonds. The van der Waals surface area contributed by atoms with Gasteiger partial charge in [-0.3, -0.25) is 4.79 Å². The van der Waals surface area contributed by atoms with Gasteiger partial charge in [-0.15, -0.1) is 0 Å². The Hall–Kier alpha value is -0.640. The van der Waals surface area contributed by atoms with Gasteiger partial charge in [0.2, 0.25) is 0 Å². The highest BCUT2D eigenvalue weighted by atomic mass is 19.1. The summed E-state index contributed by atoms with van der Waals surface area (Å²) in [6.45, 7) is 5.52. The maximum Gasteiger partial charge on any atom is 0.306 e. The number of aliphatic hydroxyl groups excluding tert-OH is 1. The molecule has 19 heavy (non-hydrogen) atoms. The molecule has 0 saturated heterocycles. The van der Waals surface area contributed by atoms with Crippen LogP contribution in [0.15, 0.2) is 0 Å². The third-order valence-corrected chi connectivity index (χ3v) is 4.26. The smallest absolute Gasteiger partial charge is 0.306 e. The SMILES string of the molecule is CC(C)(C)OC(=O)CC1CC2(C1)CC(F)(CCO)C2. The highest BCUT2D eigenvalue weighted by Gasteiger charge is 2.60. The van der Waals surface area contributed by atoms with Crippen LogP contribution in [0.25, 0.3) is 0 Å². The molecule has 0 aromatic rings. The second-order valence-electron chi connectivity index (χ2n) is 7.54. The van der Waals surface area contributed by atoms with Crippen LogP contribution in [-0.2, 0) is 9.53 Å². The molecule has 0 radical (unpaired) electrons. The van der Waals surface area contributed by atoms with Gasteiger partial charge >= 0.3 is 5.97 Å². The summed E-state index contributed by atoms with van der Waals surface area (Å²) in [4.78, 5) is 11.7. The van der Waals surface area contributed by atoms with Crippen LogP contribution in [0, 0.1) is 11.3 Å². The molecule has 2 aliphatic carbocycles. The van der Waals surface area contributed by atoms with Crippen LogP contribution in [0.3, 0.4) is 0 Å². The van der Waals surface area contributed by atoms with Gasteiger partial charge in [0.05, 0.1) is 0 Å². The van der Waals surface area contributed by atoms with Crippen molar-refractivity contribution in [1.29, 1.82) is 0 Å². The number of hydrogen-bond acceptors (Lipinski definition) is 3. The zero-order valence-electron chi connectivity index (χ0n) is 12.2. The molecule has 0 heterocycles. The number of rotatable bonds is 4. The zero-order chi connectivity index (χ0) is 14.3. The predicted molar refractivity (Wildman–Crippen MR) is 70.4 cm³/mol. The Morgan fingerprint density at radius 2 is 1.95 bits per heavy atom. The minimum atomic E-state index is -1.15. The van der Waals surface area contributed by atoms with Crippen molar-refractivity contribution >= 4 is 5.97 Å². The number of hydrogen-bond donors (Lipinski definition) is 1. The van der Waals surface area contributed by atoms with E-state index in [1.807, 2.05) is 20.8 Å². The fraction of sp³-hybridized carbons (Fsp3) is 0.933. The van der Waals surface area contributed by atoms with E-state index < -0.39 is 11.3 Å². The molecule has 0 unspecified atom stereocenters. The van der Waals surface area contributed by atoms with Gasteiger partial charge in [0.25, 0.3) is 0 Å². The second-order valence-corrected chi connectivity index (χ2v) is 7.54. The van der Waals surface area contributed by atoms with Gasteiger partial charge in [0.15, 0.2) is 0 Å². The number of esters is 1. The number of ether oxygens (including phenoxy) is 1. The van der Waals surface area contributed by atoms with E-state index in [9.17, 15) is 9.18 Å². The first-order chi connectivity index (χ1) is 8.65. The summed E-state index contributed by atoms with van der Waals surface area (Å²) >= 11 is 0. The van der Waals surface area contributed by atoms with Crippen LogP contribution in [0.1, 0.15) is 59.3 Å². The fourth-order valence-corrected chi connectivity index (χ4v) is 3.89. The highest BCUT2D eigenvalue weighted by molar-refractivity contribution is 5.70. The Balaban J connectivity index is 1.69. The molecule has 110 valence electrons. The van der Waals surface area contributed by atoms with E-state index in [2.05, 4.69) is 0 Å². The van der Waals surface area contributed by atoms with Crippen molar-refractivity contribution in [3.8, 4) is 0 Å². The number of carbonyl (C=O) groups is 1. The molecular formula is C15H25FO3. The molecule has 0 atom stereocenters. The molecule has 0 aromatic heterocycles. The van der Waals surface area contributed by atoms with Gasteiger partial charge in [-0.1, -0.05) is 0 Å². The summed E-state index contributed by atoms with van der Waals surface area (Å²) in [6, 6.07) is 0. The first kappa shape index (κ1) is 14.8. The van der Waals surface area contributed by atoms with E-state index in [0.717, 1.165) is 12.8 Å². The second kappa shape index (κ2) is 4.72. The van der Waals surface area contributed by atoms with Crippen LogP contribution in [0.5, 0.6) is 0 Å². The Morgan fingerprint density at radius 3 is 2.42 bits per heavy atom. The van der Waals surface area contributed by atoms with Crippen LogP contribution in [0.2, 0.25) is 0 Å². The summed E-state index contributed by atoms with van der Waals surface area (Å²) in [5, 5.41) is 8.81. The summed E-state index contributed by atoms with van der Waals surface area (Å²) in [5.74, 6) is 0.210. The van der Waals surface area contributed by atoms with E-state index in [1.165, 1.54) is 0 Å². The molecule has 0 aliphatic heterocycles. The molecule has 2 saturated carbocycles. The van der Waals surface area contributed by atoms with Crippen molar-refractivity contribution in [2.75, 3.05) is 6.61 Å². The van der Waals surface area contributed by atoms with Crippen LogP contribution < -0.4 is 0 Å². The Labute approximate surface area is 114 Å². The molecule has 1 spiro atoms. The molecule has 3 nitrogen and oxygen atoms in total. The minimum absolute atomic E-state index is 0.0755. The van der Waals surface area contributed by atoms with Crippen molar-refractivity contribution < 1.29 is 19.0 Å². The number of alkyl halides is 1. The summed E-state index contributed by atoms with van der Waals surface area (Å²) in [6.07, 6.45) is 3.70. The highest BCUT2D eigenvalue weighted by Crippen LogP contribution is 2.65. The first-order valence-electron chi connectivity index (χ1n) is 7.17. The largest absolute Gasteiger partial charge is 0.460 e.